The van der Waals surface area contributed by atoms with Crippen molar-refractivity contribution in [3.8, 4) is 11.5 Å². The highest BCUT2D eigenvalue weighted by Crippen LogP contribution is 2.28. The van der Waals surface area contributed by atoms with Gasteiger partial charge >= 0.3 is 6.03 Å². The largest absolute Gasteiger partial charge is 0.377 e. The van der Waals surface area contributed by atoms with Crippen LogP contribution in [0.25, 0.3) is 11.5 Å². The van der Waals surface area contributed by atoms with E-state index in [0.29, 0.717) is 18.3 Å². The molecular weight excluding hydrogens is 296 g/mol. The van der Waals surface area contributed by atoms with E-state index in [1.54, 1.807) is 7.11 Å². The van der Waals surface area contributed by atoms with Gasteiger partial charge in [-0.1, -0.05) is 11.2 Å². The SMILES string of the molecule is COCc1noc(-c2cccc(NC(=O)N3CCCC3)c2C)n1. The molecule has 7 nitrogen and oxygen atoms in total. The first-order chi connectivity index (χ1) is 11.2. The van der Waals surface area contributed by atoms with Crippen LogP contribution in [0.5, 0.6) is 0 Å². The maximum absolute atomic E-state index is 12.3. The normalized spacial score (nSPS) is 14.3. The maximum atomic E-state index is 12.3. The molecule has 2 heterocycles. The zero-order valence-electron chi connectivity index (χ0n) is 13.3. The first-order valence-corrected chi connectivity index (χ1v) is 7.66. The second-order valence-corrected chi connectivity index (χ2v) is 5.55. The van der Waals surface area contributed by atoms with E-state index in [1.807, 2.05) is 30.0 Å². The third-order valence-corrected chi connectivity index (χ3v) is 3.94. The summed E-state index contributed by atoms with van der Waals surface area (Å²) in [5, 5.41) is 6.84. The summed E-state index contributed by atoms with van der Waals surface area (Å²) in [6, 6.07) is 5.57. The summed E-state index contributed by atoms with van der Waals surface area (Å²) in [6.07, 6.45) is 2.13. The first-order valence-electron chi connectivity index (χ1n) is 7.66. The zero-order chi connectivity index (χ0) is 16.2. The predicted octanol–water partition coefficient (Wildman–Crippen LogP) is 2.82. The molecule has 0 spiro atoms. The van der Waals surface area contributed by atoms with Crippen molar-refractivity contribution in [2.24, 2.45) is 0 Å². The van der Waals surface area contributed by atoms with E-state index in [2.05, 4.69) is 15.5 Å². The molecular formula is C16H20N4O3. The first kappa shape index (κ1) is 15.5. The smallest absolute Gasteiger partial charge is 0.321 e. The Bertz CT molecular complexity index is 692. The van der Waals surface area contributed by atoms with Crippen molar-refractivity contribution < 1.29 is 14.1 Å². The lowest BCUT2D eigenvalue weighted by molar-refractivity contribution is 0.174. The van der Waals surface area contributed by atoms with Crippen molar-refractivity contribution in [3.63, 3.8) is 0 Å². The second-order valence-electron chi connectivity index (χ2n) is 5.55. The lowest BCUT2D eigenvalue weighted by atomic mass is 10.1. The van der Waals surface area contributed by atoms with Gasteiger partial charge in [-0.2, -0.15) is 4.98 Å². The molecule has 23 heavy (non-hydrogen) atoms. The number of methoxy groups -OCH3 is 1. The lowest BCUT2D eigenvalue weighted by Crippen LogP contribution is -2.32. The van der Waals surface area contributed by atoms with Crippen LogP contribution in [0.1, 0.15) is 24.2 Å². The number of nitrogens with one attached hydrogen (secondary N) is 1. The van der Waals surface area contributed by atoms with Crippen molar-refractivity contribution >= 4 is 11.7 Å². The van der Waals surface area contributed by atoms with Crippen LogP contribution in [-0.2, 0) is 11.3 Å². The van der Waals surface area contributed by atoms with Crippen LogP contribution in [0.3, 0.4) is 0 Å². The second kappa shape index (κ2) is 6.78. The van der Waals surface area contributed by atoms with Crippen LogP contribution in [0, 0.1) is 6.92 Å². The lowest BCUT2D eigenvalue weighted by Gasteiger charge is -2.17. The van der Waals surface area contributed by atoms with Gasteiger partial charge in [0.15, 0.2) is 5.82 Å². The number of anilines is 1. The number of hydrogen-bond acceptors (Lipinski definition) is 5. The Balaban J connectivity index is 1.81. The summed E-state index contributed by atoms with van der Waals surface area (Å²) < 4.78 is 10.3. The third-order valence-electron chi connectivity index (χ3n) is 3.94. The number of likely N-dealkylation sites (tertiary alicyclic amines) is 1. The Kier molecular flexibility index (Phi) is 4.57. The van der Waals surface area contributed by atoms with Gasteiger partial charge in [-0.3, -0.25) is 0 Å². The summed E-state index contributed by atoms with van der Waals surface area (Å²) in [5.74, 6) is 0.917. The predicted molar refractivity (Wildman–Crippen MR) is 85.0 cm³/mol. The fraction of sp³-hybridized carbons (Fsp3) is 0.438. The van der Waals surface area contributed by atoms with Crippen molar-refractivity contribution in [2.75, 3.05) is 25.5 Å². The molecule has 0 saturated carbocycles. The topological polar surface area (TPSA) is 80.5 Å². The highest BCUT2D eigenvalue weighted by molar-refractivity contribution is 5.91. The average Bonchev–Trinajstić information content (AvgIpc) is 3.21. The summed E-state index contributed by atoms with van der Waals surface area (Å²) in [7, 11) is 1.58. The number of urea groups is 1. The van der Waals surface area contributed by atoms with Crippen molar-refractivity contribution in [1.82, 2.24) is 15.0 Å². The number of hydrogen-bond donors (Lipinski definition) is 1. The number of nitrogens with zero attached hydrogens (tertiary/aromatic N) is 3. The fourth-order valence-electron chi connectivity index (χ4n) is 2.67. The number of amides is 2. The molecule has 3 rings (SSSR count). The van der Waals surface area contributed by atoms with Crippen LogP contribution in [-0.4, -0.2) is 41.3 Å². The van der Waals surface area contributed by atoms with Gasteiger partial charge < -0.3 is 19.5 Å². The molecule has 1 fully saturated rings. The zero-order valence-corrected chi connectivity index (χ0v) is 13.3. The molecule has 122 valence electrons. The summed E-state index contributed by atoms with van der Waals surface area (Å²) >= 11 is 0. The van der Waals surface area contributed by atoms with Crippen molar-refractivity contribution in [3.05, 3.63) is 29.6 Å². The quantitative estimate of drug-likeness (QED) is 0.938. The minimum Gasteiger partial charge on any atom is -0.377 e. The minimum atomic E-state index is -0.0617. The van der Waals surface area contributed by atoms with E-state index in [4.69, 9.17) is 9.26 Å². The fourth-order valence-corrected chi connectivity index (χ4v) is 2.67. The van der Waals surface area contributed by atoms with E-state index >= 15 is 0 Å². The van der Waals surface area contributed by atoms with Crippen molar-refractivity contribution in [1.29, 1.82) is 0 Å². The molecule has 1 aromatic heterocycles. The van der Waals surface area contributed by atoms with Crippen LogP contribution < -0.4 is 5.32 Å². The molecule has 2 amide bonds. The van der Waals surface area contributed by atoms with Crippen LogP contribution >= 0.6 is 0 Å². The number of benzene rings is 1. The molecule has 0 bridgehead atoms. The highest BCUT2D eigenvalue weighted by atomic mass is 16.5. The minimum absolute atomic E-state index is 0.0617. The van der Waals surface area contributed by atoms with Gasteiger partial charge in [0.25, 0.3) is 5.89 Å². The molecule has 1 aliphatic rings. The van der Waals surface area contributed by atoms with Gasteiger partial charge in [0.1, 0.15) is 6.61 Å². The molecule has 0 unspecified atom stereocenters. The van der Waals surface area contributed by atoms with Crippen LogP contribution in [0.15, 0.2) is 22.7 Å². The van der Waals surface area contributed by atoms with Crippen molar-refractivity contribution in [2.45, 2.75) is 26.4 Å². The van der Waals surface area contributed by atoms with Gasteiger partial charge in [-0.15, -0.1) is 0 Å². The Morgan fingerprint density at radius 2 is 2.17 bits per heavy atom. The van der Waals surface area contributed by atoms with Gasteiger partial charge in [0, 0.05) is 31.5 Å². The highest BCUT2D eigenvalue weighted by Gasteiger charge is 2.19. The van der Waals surface area contributed by atoms with Crippen LogP contribution in [0.4, 0.5) is 10.5 Å². The number of carbonyl (C=O) groups excluding carboxylic acids is 1. The number of carbonyl (C=O) groups is 1. The molecule has 1 N–H and O–H groups in total. The Labute approximate surface area is 134 Å². The monoisotopic (exact) mass is 316 g/mol. The third kappa shape index (κ3) is 3.34. The van der Waals surface area contributed by atoms with Crippen LogP contribution in [0.2, 0.25) is 0 Å². The molecule has 7 heteroatoms. The number of ether oxygens (including phenoxy) is 1. The van der Waals surface area contributed by atoms with E-state index in [9.17, 15) is 4.79 Å². The molecule has 0 atom stereocenters. The summed E-state index contributed by atoms with van der Waals surface area (Å²) in [4.78, 5) is 18.4. The maximum Gasteiger partial charge on any atom is 0.321 e. The Hall–Kier alpha value is -2.41. The standard InChI is InChI=1S/C16H20N4O3/c1-11-12(15-18-14(10-22-2)19-23-15)6-5-7-13(11)17-16(21)20-8-3-4-9-20/h5-7H,3-4,8-10H2,1-2H3,(H,17,21). The molecule has 1 aliphatic heterocycles. The van der Waals surface area contributed by atoms with E-state index in [1.165, 1.54) is 0 Å². The number of aromatic nitrogens is 2. The van der Waals surface area contributed by atoms with Gasteiger partial charge in [-0.25, -0.2) is 4.79 Å². The van der Waals surface area contributed by atoms with Gasteiger partial charge in [0.05, 0.1) is 0 Å². The Morgan fingerprint density at radius 1 is 1.39 bits per heavy atom. The Morgan fingerprint density at radius 3 is 2.91 bits per heavy atom. The average molecular weight is 316 g/mol. The van der Waals surface area contributed by atoms with E-state index in [-0.39, 0.29) is 6.03 Å². The van der Waals surface area contributed by atoms with Gasteiger partial charge in [-0.05, 0) is 37.5 Å². The van der Waals surface area contributed by atoms with E-state index in [0.717, 1.165) is 42.7 Å². The molecule has 1 saturated heterocycles. The van der Waals surface area contributed by atoms with Gasteiger partial charge in [0.2, 0.25) is 0 Å². The molecule has 1 aromatic carbocycles. The molecule has 0 aliphatic carbocycles. The molecule has 0 radical (unpaired) electrons. The summed E-state index contributed by atoms with van der Waals surface area (Å²) in [5.41, 5.74) is 2.46. The summed E-state index contributed by atoms with van der Waals surface area (Å²) in [6.45, 7) is 3.85. The van der Waals surface area contributed by atoms with E-state index < -0.39 is 0 Å². The number of rotatable bonds is 4. The molecule has 2 aromatic rings.